The monoisotopic (exact) mass is 343 g/mol. The number of allylic oxidation sites excluding steroid dienone is 1. The summed E-state index contributed by atoms with van der Waals surface area (Å²) in [7, 11) is 0. The fraction of sp³-hybridized carbons (Fsp3) is 0.0455. The smallest absolute Gasteiger partial charge is 0.198 e. The normalized spacial score (nSPS) is 18.6. The largest absolute Gasteiger partial charge is 0.489 e. The van der Waals surface area contributed by atoms with E-state index in [9.17, 15) is 5.21 Å². The molecule has 1 heterocycles. The second-order valence-corrected chi connectivity index (χ2v) is 6.08. The molecule has 0 spiro atoms. The average Bonchev–Trinajstić information content (AvgIpc) is 3.12. The van der Waals surface area contributed by atoms with Gasteiger partial charge in [-0.05, 0) is 27.6 Å². The number of hydroxylamine groups is 1. The van der Waals surface area contributed by atoms with Crippen LogP contribution in [0.15, 0.2) is 102 Å². The van der Waals surface area contributed by atoms with E-state index in [0.717, 1.165) is 22.6 Å². The maximum absolute atomic E-state index is 10.8. The molecule has 0 bridgehead atoms. The number of benzene rings is 3. The van der Waals surface area contributed by atoms with Crippen LogP contribution in [-0.4, -0.2) is 10.9 Å². The van der Waals surface area contributed by atoms with Gasteiger partial charge in [0.2, 0.25) is 0 Å². The first-order valence-corrected chi connectivity index (χ1v) is 8.47. The molecule has 1 aliphatic rings. The van der Waals surface area contributed by atoms with Crippen molar-refractivity contribution in [2.75, 3.05) is 0 Å². The topological polar surface area (TPSA) is 41.8 Å². The first-order valence-electron chi connectivity index (χ1n) is 8.47. The van der Waals surface area contributed by atoms with Crippen molar-refractivity contribution in [1.29, 1.82) is 0 Å². The van der Waals surface area contributed by atoms with Crippen LogP contribution in [-0.2, 0) is 6.61 Å². The highest BCUT2D eigenvalue weighted by Gasteiger charge is 2.32. The van der Waals surface area contributed by atoms with E-state index in [-0.39, 0.29) is 0 Å². The summed E-state index contributed by atoms with van der Waals surface area (Å²) in [6, 6.07) is 27.2. The van der Waals surface area contributed by atoms with E-state index in [0.29, 0.717) is 12.3 Å². The van der Waals surface area contributed by atoms with Gasteiger partial charge in [-0.3, -0.25) is 0 Å². The summed E-state index contributed by atoms with van der Waals surface area (Å²) < 4.78 is 5.20. The van der Waals surface area contributed by atoms with Crippen LogP contribution in [0.1, 0.15) is 11.1 Å². The van der Waals surface area contributed by atoms with Gasteiger partial charge in [-0.1, -0.05) is 60.7 Å². The lowest BCUT2D eigenvalue weighted by atomic mass is 10.1. The number of hydrogen-bond donors (Lipinski definition) is 1. The fourth-order valence-corrected chi connectivity index (χ4v) is 2.81. The molecule has 1 unspecified atom stereocenters. The Kier molecular flexibility index (Phi) is 4.35. The molecular weight excluding hydrogens is 324 g/mol. The predicted octanol–water partition coefficient (Wildman–Crippen LogP) is 4.89. The van der Waals surface area contributed by atoms with Gasteiger partial charge in [0.15, 0.2) is 11.9 Å². The van der Waals surface area contributed by atoms with Crippen molar-refractivity contribution in [1.82, 2.24) is 4.76 Å². The van der Waals surface area contributed by atoms with Crippen molar-refractivity contribution in [3.63, 3.8) is 0 Å². The summed E-state index contributed by atoms with van der Waals surface area (Å²) >= 11 is 0. The molecule has 0 fully saturated rings. The van der Waals surface area contributed by atoms with Crippen molar-refractivity contribution >= 4 is 11.4 Å². The van der Waals surface area contributed by atoms with E-state index in [1.807, 2.05) is 91.0 Å². The summed E-state index contributed by atoms with van der Waals surface area (Å²) in [4.78, 5) is 0. The molecule has 0 aliphatic carbocycles. The molecule has 0 saturated heterocycles. The van der Waals surface area contributed by atoms with Crippen LogP contribution in [0, 0.1) is 0 Å². The highest BCUT2D eigenvalue weighted by atomic mass is 16.6. The average molecular weight is 343 g/mol. The molecule has 4 nitrogen and oxygen atoms in total. The second kappa shape index (κ2) is 6.96. The molecule has 1 N–H and O–H groups in total. The zero-order valence-corrected chi connectivity index (χ0v) is 14.2. The predicted molar refractivity (Wildman–Crippen MR) is 103 cm³/mol. The Balaban J connectivity index is 1.48. The Morgan fingerprint density at radius 1 is 0.808 bits per heavy atom. The minimum Gasteiger partial charge on any atom is -0.489 e. The van der Waals surface area contributed by atoms with Crippen molar-refractivity contribution in [3.8, 4) is 5.75 Å². The summed E-state index contributed by atoms with van der Waals surface area (Å²) in [5, 5.41) is 15.3. The van der Waals surface area contributed by atoms with Gasteiger partial charge in [-0.2, -0.15) is 5.21 Å². The minimum atomic E-state index is -0.594. The van der Waals surface area contributed by atoms with E-state index in [1.165, 1.54) is 0 Å². The highest BCUT2D eigenvalue weighted by Crippen LogP contribution is 2.29. The van der Waals surface area contributed by atoms with Gasteiger partial charge in [-0.25, -0.2) is 0 Å². The number of ether oxygens (including phenoxy) is 1. The van der Waals surface area contributed by atoms with Crippen molar-refractivity contribution in [2.24, 2.45) is 5.10 Å². The molecule has 0 radical (unpaired) electrons. The molecule has 128 valence electrons. The quantitative estimate of drug-likeness (QED) is 0.670. The Bertz CT molecular complexity index is 935. The van der Waals surface area contributed by atoms with Crippen LogP contribution in [0.3, 0.4) is 0 Å². The van der Waals surface area contributed by atoms with Crippen molar-refractivity contribution in [2.45, 2.75) is 6.61 Å². The first-order chi connectivity index (χ1) is 12.7. The highest BCUT2D eigenvalue weighted by molar-refractivity contribution is 6.10. The van der Waals surface area contributed by atoms with Gasteiger partial charge in [0.25, 0.3) is 0 Å². The summed E-state index contributed by atoms with van der Waals surface area (Å²) in [6.07, 6.45) is 3.48. The summed E-state index contributed by atoms with van der Waals surface area (Å²) in [5.41, 5.74) is 3.49. The van der Waals surface area contributed by atoms with E-state index >= 15 is 0 Å². The van der Waals surface area contributed by atoms with Gasteiger partial charge in [0.1, 0.15) is 18.1 Å². The van der Waals surface area contributed by atoms with Crippen LogP contribution >= 0.6 is 0 Å². The van der Waals surface area contributed by atoms with Crippen LogP contribution in [0.2, 0.25) is 0 Å². The van der Waals surface area contributed by atoms with E-state index in [1.54, 1.807) is 6.20 Å². The van der Waals surface area contributed by atoms with Gasteiger partial charge in [-0.15, -0.1) is 0 Å². The van der Waals surface area contributed by atoms with Crippen LogP contribution in [0.5, 0.6) is 5.75 Å². The lowest BCUT2D eigenvalue weighted by Gasteiger charge is -2.16. The Hall–Kier alpha value is -3.21. The molecular formula is C22H19N2O2+. The maximum Gasteiger partial charge on any atom is 0.198 e. The molecule has 0 saturated carbocycles. The zero-order valence-electron chi connectivity index (χ0n) is 14.2. The third kappa shape index (κ3) is 3.42. The van der Waals surface area contributed by atoms with E-state index in [2.05, 4.69) is 5.10 Å². The van der Waals surface area contributed by atoms with E-state index < -0.39 is 4.76 Å². The molecule has 3 aromatic rings. The van der Waals surface area contributed by atoms with Gasteiger partial charge < -0.3 is 4.74 Å². The minimum absolute atomic E-state index is 0.509. The molecule has 26 heavy (non-hydrogen) atoms. The standard InChI is InChI=1S/C22H19N2O2/c25-24(16-15-22(23-24)19-9-5-2-6-10-19)20-11-13-21(14-12-20)26-17-18-7-3-1-4-8-18/h1-16,25H,17H2/q+1. The second-order valence-electron chi connectivity index (χ2n) is 6.08. The van der Waals surface area contributed by atoms with Crippen LogP contribution < -0.4 is 9.49 Å². The molecule has 0 aromatic heterocycles. The molecule has 1 atom stereocenters. The Labute approximate surface area is 152 Å². The summed E-state index contributed by atoms with van der Waals surface area (Å²) in [6.45, 7) is 0.509. The lowest BCUT2D eigenvalue weighted by molar-refractivity contribution is -0.0263. The molecule has 1 aliphatic heterocycles. The van der Waals surface area contributed by atoms with E-state index in [4.69, 9.17) is 4.74 Å². The zero-order chi connectivity index (χ0) is 17.8. The van der Waals surface area contributed by atoms with Crippen molar-refractivity contribution < 1.29 is 9.94 Å². The number of nitrogens with zero attached hydrogens (tertiary/aromatic N) is 2. The Morgan fingerprint density at radius 2 is 1.46 bits per heavy atom. The van der Waals surface area contributed by atoms with Crippen LogP contribution in [0.25, 0.3) is 0 Å². The molecule has 0 amide bonds. The van der Waals surface area contributed by atoms with Gasteiger partial charge in [0, 0.05) is 23.8 Å². The molecule has 4 rings (SSSR count). The third-order valence-corrected chi connectivity index (χ3v) is 4.24. The maximum atomic E-state index is 10.8. The van der Waals surface area contributed by atoms with Gasteiger partial charge >= 0.3 is 0 Å². The molecule has 3 aromatic carbocycles. The number of quaternary nitrogens is 1. The lowest BCUT2D eigenvalue weighted by Crippen LogP contribution is -2.31. The SMILES string of the molecule is O[N+]1(c2ccc(OCc3ccccc3)cc2)C=CC(c2ccccc2)=N1. The Morgan fingerprint density at radius 3 is 2.15 bits per heavy atom. The number of rotatable bonds is 5. The number of hydrogen-bond acceptors (Lipinski definition) is 3. The third-order valence-electron chi connectivity index (χ3n) is 4.24. The van der Waals surface area contributed by atoms with Crippen LogP contribution in [0.4, 0.5) is 5.69 Å². The van der Waals surface area contributed by atoms with Gasteiger partial charge in [0.05, 0.1) is 0 Å². The summed E-state index contributed by atoms with van der Waals surface area (Å²) in [5.74, 6) is 0.750. The first kappa shape index (κ1) is 16.3. The fourth-order valence-electron chi connectivity index (χ4n) is 2.81. The molecule has 4 heteroatoms. The van der Waals surface area contributed by atoms with Crippen molar-refractivity contribution in [3.05, 3.63) is 108 Å².